The molecule has 0 bridgehead atoms. The fourth-order valence-corrected chi connectivity index (χ4v) is 1.04. The Balaban J connectivity index is 2.65. The van der Waals surface area contributed by atoms with Gasteiger partial charge >= 0.3 is 5.97 Å². The summed E-state index contributed by atoms with van der Waals surface area (Å²) in [5.74, 6) is -0.117. The SMILES string of the molecule is COC(=O)C(=N)Cc1ccc(OC)nc1. The minimum atomic E-state index is -0.620. The summed E-state index contributed by atoms with van der Waals surface area (Å²) in [6.07, 6.45) is 1.78. The first kappa shape index (κ1) is 11.2. The molecule has 80 valence electrons. The van der Waals surface area contributed by atoms with Gasteiger partial charge in [0.2, 0.25) is 5.88 Å². The van der Waals surface area contributed by atoms with Crippen LogP contribution in [-0.4, -0.2) is 30.9 Å². The van der Waals surface area contributed by atoms with E-state index < -0.39 is 5.97 Å². The molecule has 0 saturated carbocycles. The van der Waals surface area contributed by atoms with E-state index in [0.29, 0.717) is 5.88 Å². The molecule has 1 rings (SSSR count). The third kappa shape index (κ3) is 3.05. The number of nitrogens with zero attached hydrogens (tertiary/aromatic N) is 1. The Morgan fingerprint density at radius 2 is 2.20 bits per heavy atom. The molecule has 1 aromatic rings. The van der Waals surface area contributed by atoms with Crippen molar-refractivity contribution in [3.63, 3.8) is 0 Å². The van der Waals surface area contributed by atoms with Crippen molar-refractivity contribution in [3.8, 4) is 5.88 Å². The monoisotopic (exact) mass is 208 g/mol. The standard InChI is InChI=1S/C10H12N2O3/c1-14-9-4-3-7(6-12-9)5-8(11)10(13)15-2/h3-4,6,11H,5H2,1-2H3. The fourth-order valence-electron chi connectivity index (χ4n) is 1.04. The number of aromatic nitrogens is 1. The van der Waals surface area contributed by atoms with Crippen LogP contribution in [0.25, 0.3) is 0 Å². The van der Waals surface area contributed by atoms with E-state index in [1.165, 1.54) is 14.2 Å². The van der Waals surface area contributed by atoms with Gasteiger partial charge < -0.3 is 9.47 Å². The summed E-state index contributed by atoms with van der Waals surface area (Å²) in [5.41, 5.74) is 0.677. The van der Waals surface area contributed by atoms with Gasteiger partial charge in [-0.15, -0.1) is 0 Å². The Bertz CT molecular complexity index is 359. The van der Waals surface area contributed by atoms with Crippen molar-refractivity contribution in [2.24, 2.45) is 0 Å². The Labute approximate surface area is 87.5 Å². The van der Waals surface area contributed by atoms with Gasteiger partial charge in [-0.25, -0.2) is 9.78 Å². The Morgan fingerprint density at radius 3 is 2.67 bits per heavy atom. The lowest BCUT2D eigenvalue weighted by molar-refractivity contribution is -0.132. The first-order valence-electron chi connectivity index (χ1n) is 4.32. The molecule has 0 aliphatic rings. The number of hydrogen-bond acceptors (Lipinski definition) is 5. The molecule has 15 heavy (non-hydrogen) atoms. The molecule has 1 heterocycles. The summed E-state index contributed by atoms with van der Waals surface area (Å²) in [4.78, 5) is 14.9. The number of nitrogens with one attached hydrogen (secondary N) is 1. The highest BCUT2D eigenvalue weighted by Crippen LogP contribution is 2.07. The second kappa shape index (κ2) is 5.09. The molecule has 0 aromatic carbocycles. The predicted octanol–water partition coefficient (Wildman–Crippen LogP) is 0.825. The van der Waals surface area contributed by atoms with Gasteiger partial charge in [-0.3, -0.25) is 5.41 Å². The molecule has 1 N–H and O–H groups in total. The number of carbonyl (C=O) groups excluding carboxylic acids is 1. The third-order valence-electron chi connectivity index (χ3n) is 1.82. The molecule has 0 unspecified atom stereocenters. The van der Waals surface area contributed by atoms with Crippen LogP contribution in [-0.2, 0) is 16.0 Å². The molecule has 0 amide bonds. The number of hydrogen-bond donors (Lipinski definition) is 1. The molecule has 0 saturated heterocycles. The van der Waals surface area contributed by atoms with Crippen molar-refractivity contribution >= 4 is 11.7 Å². The molecule has 1 aromatic heterocycles. The number of rotatable bonds is 4. The molecular formula is C10H12N2O3. The van der Waals surface area contributed by atoms with Crippen LogP contribution >= 0.6 is 0 Å². The molecule has 0 aliphatic heterocycles. The quantitative estimate of drug-likeness (QED) is 0.587. The van der Waals surface area contributed by atoms with E-state index in [-0.39, 0.29) is 12.1 Å². The van der Waals surface area contributed by atoms with Crippen LogP contribution in [0.1, 0.15) is 5.56 Å². The average Bonchev–Trinajstić information content (AvgIpc) is 2.29. The number of methoxy groups -OCH3 is 2. The van der Waals surface area contributed by atoms with Crippen molar-refractivity contribution < 1.29 is 14.3 Å². The van der Waals surface area contributed by atoms with Gasteiger partial charge in [-0.05, 0) is 5.56 Å². The molecule has 0 radical (unpaired) electrons. The molecular weight excluding hydrogens is 196 g/mol. The molecule has 0 spiro atoms. The largest absolute Gasteiger partial charge is 0.481 e. The number of pyridine rings is 1. The summed E-state index contributed by atoms with van der Waals surface area (Å²) in [5, 5.41) is 7.40. The van der Waals surface area contributed by atoms with Crippen LogP contribution in [0.4, 0.5) is 0 Å². The summed E-state index contributed by atoms with van der Waals surface area (Å²) < 4.78 is 9.31. The van der Waals surface area contributed by atoms with Crippen molar-refractivity contribution in [1.29, 1.82) is 5.41 Å². The van der Waals surface area contributed by atoms with Gasteiger partial charge in [0.1, 0.15) is 5.71 Å². The average molecular weight is 208 g/mol. The predicted molar refractivity (Wildman–Crippen MR) is 54.2 cm³/mol. The van der Waals surface area contributed by atoms with Gasteiger partial charge in [0.05, 0.1) is 14.2 Å². The van der Waals surface area contributed by atoms with E-state index in [4.69, 9.17) is 10.1 Å². The fraction of sp³-hybridized carbons (Fsp3) is 0.300. The van der Waals surface area contributed by atoms with Crippen LogP contribution in [0.15, 0.2) is 18.3 Å². The number of ether oxygens (including phenoxy) is 2. The number of carbonyl (C=O) groups is 1. The smallest absolute Gasteiger partial charge is 0.352 e. The van der Waals surface area contributed by atoms with Crippen molar-refractivity contribution in [2.45, 2.75) is 6.42 Å². The molecule has 5 nitrogen and oxygen atoms in total. The third-order valence-corrected chi connectivity index (χ3v) is 1.82. The maximum atomic E-state index is 10.9. The van der Waals surface area contributed by atoms with Gasteiger partial charge in [0.15, 0.2) is 0 Å². The minimum absolute atomic E-state index is 0.0931. The molecule has 0 atom stereocenters. The zero-order valence-electron chi connectivity index (χ0n) is 8.61. The molecule has 0 aliphatic carbocycles. The highest BCUT2D eigenvalue weighted by atomic mass is 16.5. The minimum Gasteiger partial charge on any atom is -0.481 e. The Morgan fingerprint density at radius 1 is 1.47 bits per heavy atom. The summed E-state index contributed by atoms with van der Waals surface area (Å²) in [7, 11) is 2.78. The van der Waals surface area contributed by atoms with Crippen LogP contribution in [0.5, 0.6) is 5.88 Å². The lowest BCUT2D eigenvalue weighted by atomic mass is 10.1. The lowest BCUT2D eigenvalue weighted by Gasteiger charge is -2.02. The first-order valence-corrected chi connectivity index (χ1v) is 4.32. The lowest BCUT2D eigenvalue weighted by Crippen LogP contribution is -2.17. The Kier molecular flexibility index (Phi) is 3.79. The second-order valence-electron chi connectivity index (χ2n) is 2.86. The first-order chi connectivity index (χ1) is 7.17. The van der Waals surface area contributed by atoms with Crippen LogP contribution in [0.2, 0.25) is 0 Å². The van der Waals surface area contributed by atoms with Crippen molar-refractivity contribution in [3.05, 3.63) is 23.9 Å². The van der Waals surface area contributed by atoms with Gasteiger partial charge in [-0.1, -0.05) is 6.07 Å². The topological polar surface area (TPSA) is 72.3 Å². The van der Waals surface area contributed by atoms with Gasteiger partial charge in [-0.2, -0.15) is 0 Å². The van der Waals surface area contributed by atoms with E-state index in [1.54, 1.807) is 18.3 Å². The zero-order chi connectivity index (χ0) is 11.3. The van der Waals surface area contributed by atoms with E-state index in [9.17, 15) is 4.79 Å². The van der Waals surface area contributed by atoms with Crippen molar-refractivity contribution in [2.75, 3.05) is 14.2 Å². The molecule has 5 heteroatoms. The van der Waals surface area contributed by atoms with E-state index >= 15 is 0 Å². The normalized spacial score (nSPS) is 9.47. The Hall–Kier alpha value is -1.91. The van der Waals surface area contributed by atoms with Crippen molar-refractivity contribution in [1.82, 2.24) is 4.98 Å². The van der Waals surface area contributed by atoms with E-state index in [0.717, 1.165) is 5.56 Å². The highest BCUT2D eigenvalue weighted by Gasteiger charge is 2.09. The summed E-state index contributed by atoms with van der Waals surface area (Å²) >= 11 is 0. The number of esters is 1. The maximum absolute atomic E-state index is 10.9. The molecule has 0 fully saturated rings. The summed E-state index contributed by atoms with van der Waals surface area (Å²) in [6.45, 7) is 0. The highest BCUT2D eigenvalue weighted by molar-refractivity contribution is 6.35. The van der Waals surface area contributed by atoms with Gasteiger partial charge in [0.25, 0.3) is 0 Å². The second-order valence-corrected chi connectivity index (χ2v) is 2.86. The van der Waals surface area contributed by atoms with Gasteiger partial charge in [0, 0.05) is 18.7 Å². The zero-order valence-corrected chi connectivity index (χ0v) is 8.61. The van der Waals surface area contributed by atoms with Crippen LogP contribution in [0.3, 0.4) is 0 Å². The summed E-state index contributed by atoms with van der Waals surface area (Å²) in [6, 6.07) is 3.43. The van der Waals surface area contributed by atoms with Crippen LogP contribution in [0, 0.1) is 5.41 Å². The maximum Gasteiger partial charge on any atom is 0.352 e. The van der Waals surface area contributed by atoms with E-state index in [1.807, 2.05) is 0 Å². The van der Waals surface area contributed by atoms with Crippen LogP contribution < -0.4 is 4.74 Å². The van der Waals surface area contributed by atoms with E-state index in [2.05, 4.69) is 9.72 Å².